The molecule has 37 heavy (non-hydrogen) atoms. The zero-order valence-electron chi connectivity index (χ0n) is 21.2. The third-order valence-electron chi connectivity index (χ3n) is 6.06. The van der Waals surface area contributed by atoms with Crippen molar-refractivity contribution < 1.29 is 22.4 Å². The van der Waals surface area contributed by atoms with Crippen molar-refractivity contribution in [3.63, 3.8) is 0 Å². The molecule has 2 amide bonds. The summed E-state index contributed by atoms with van der Waals surface area (Å²) in [6, 6.07) is 19.8. The van der Waals surface area contributed by atoms with Crippen LogP contribution >= 0.6 is 0 Å². The Morgan fingerprint density at radius 3 is 2.14 bits per heavy atom. The minimum absolute atomic E-state index is 0.0276. The lowest BCUT2D eigenvalue weighted by Gasteiger charge is -2.32. The Kier molecular flexibility index (Phi) is 9.41. The lowest BCUT2D eigenvalue weighted by Crippen LogP contribution is -2.51. The number of halogens is 1. The van der Waals surface area contributed by atoms with Gasteiger partial charge in [-0.25, -0.2) is 12.8 Å². The van der Waals surface area contributed by atoms with Crippen LogP contribution in [0.4, 0.5) is 10.1 Å². The molecule has 0 saturated heterocycles. The molecule has 196 valence electrons. The Morgan fingerprint density at radius 1 is 0.919 bits per heavy atom. The second-order valence-electron chi connectivity index (χ2n) is 8.53. The quantitative estimate of drug-likeness (QED) is 0.408. The van der Waals surface area contributed by atoms with Crippen molar-refractivity contribution in [3.05, 3.63) is 95.8 Å². The summed E-state index contributed by atoms with van der Waals surface area (Å²) in [5.74, 6) is -1.58. The van der Waals surface area contributed by atoms with Gasteiger partial charge in [-0.2, -0.15) is 0 Å². The lowest BCUT2D eigenvalue weighted by atomic mass is 10.1. The Balaban J connectivity index is 2.03. The third-order valence-corrected chi connectivity index (χ3v) is 7.85. The molecule has 3 rings (SSSR count). The van der Waals surface area contributed by atoms with Crippen LogP contribution < -0.4 is 9.62 Å². The van der Waals surface area contributed by atoms with Crippen molar-refractivity contribution in [2.75, 3.05) is 17.4 Å². The first-order valence-corrected chi connectivity index (χ1v) is 13.6. The van der Waals surface area contributed by atoms with Crippen LogP contribution in [-0.4, -0.2) is 44.3 Å². The summed E-state index contributed by atoms with van der Waals surface area (Å²) in [5, 5.41) is 2.68. The number of sulfonamides is 1. The number of likely N-dealkylation sites (N-methyl/N-ethyl adjacent to an activating group) is 1. The predicted molar refractivity (Wildman–Crippen MR) is 142 cm³/mol. The molecule has 9 heteroatoms. The number of carbonyl (C=O) groups is 2. The number of benzene rings is 3. The summed E-state index contributed by atoms with van der Waals surface area (Å²) in [6.45, 7) is 4.86. The molecule has 0 saturated carbocycles. The van der Waals surface area contributed by atoms with Crippen LogP contribution in [0.25, 0.3) is 0 Å². The number of aryl methyl sites for hydroxylation is 1. The van der Waals surface area contributed by atoms with Gasteiger partial charge < -0.3 is 10.2 Å². The molecular weight excluding hydrogens is 493 g/mol. The molecule has 3 aromatic rings. The summed E-state index contributed by atoms with van der Waals surface area (Å²) < 4.78 is 42.9. The Labute approximate surface area is 218 Å². The summed E-state index contributed by atoms with van der Waals surface area (Å²) in [6.07, 6.45) is 0.769. The van der Waals surface area contributed by atoms with E-state index in [1.807, 2.05) is 19.1 Å². The van der Waals surface area contributed by atoms with Gasteiger partial charge in [0.25, 0.3) is 10.0 Å². The molecule has 0 aliphatic rings. The Hall–Kier alpha value is -3.72. The maximum absolute atomic E-state index is 14.5. The number of rotatable bonds is 11. The third kappa shape index (κ3) is 6.74. The summed E-state index contributed by atoms with van der Waals surface area (Å²) >= 11 is 0. The largest absolute Gasteiger partial charge is 0.355 e. The van der Waals surface area contributed by atoms with Crippen molar-refractivity contribution in [2.45, 2.75) is 44.7 Å². The van der Waals surface area contributed by atoms with Gasteiger partial charge in [0, 0.05) is 18.7 Å². The van der Waals surface area contributed by atoms with E-state index < -0.39 is 40.2 Å². The highest BCUT2D eigenvalue weighted by molar-refractivity contribution is 7.92. The highest BCUT2D eigenvalue weighted by Crippen LogP contribution is 2.25. The smallest absolute Gasteiger partial charge is 0.264 e. The van der Waals surface area contributed by atoms with Crippen LogP contribution in [0, 0.1) is 5.82 Å². The van der Waals surface area contributed by atoms with Crippen molar-refractivity contribution in [1.29, 1.82) is 0 Å². The fourth-order valence-corrected chi connectivity index (χ4v) is 5.30. The van der Waals surface area contributed by atoms with Crippen molar-refractivity contribution >= 4 is 27.5 Å². The Morgan fingerprint density at radius 2 is 1.54 bits per heavy atom. The van der Waals surface area contributed by atoms with E-state index in [1.54, 1.807) is 43.3 Å². The average molecular weight is 526 g/mol. The number of carbonyl (C=O) groups excluding carboxylic acids is 2. The van der Waals surface area contributed by atoms with Crippen LogP contribution in [0.1, 0.15) is 31.9 Å². The molecule has 3 aromatic carbocycles. The zero-order valence-corrected chi connectivity index (χ0v) is 22.0. The molecule has 7 nitrogen and oxygen atoms in total. The SMILES string of the molecule is CCNC(=O)C(C)N(Cc1ccccc1F)C(=O)CN(c1ccc(CC)cc1)S(=O)(=O)c1ccccc1. The first kappa shape index (κ1) is 27.9. The molecule has 0 bridgehead atoms. The van der Waals surface area contributed by atoms with Crippen LogP contribution in [0.2, 0.25) is 0 Å². The second-order valence-corrected chi connectivity index (χ2v) is 10.4. The fraction of sp³-hybridized carbons (Fsp3) is 0.286. The van der Waals surface area contributed by atoms with Gasteiger partial charge >= 0.3 is 0 Å². The number of amides is 2. The fourth-order valence-electron chi connectivity index (χ4n) is 3.86. The van der Waals surface area contributed by atoms with Gasteiger partial charge in [0.05, 0.1) is 10.6 Å². The molecule has 0 radical (unpaired) electrons. The van der Waals surface area contributed by atoms with E-state index >= 15 is 0 Å². The molecule has 1 unspecified atom stereocenters. The van der Waals surface area contributed by atoms with Gasteiger partial charge in [-0.05, 0) is 56.2 Å². The van der Waals surface area contributed by atoms with Crippen LogP contribution in [0.5, 0.6) is 0 Å². The summed E-state index contributed by atoms with van der Waals surface area (Å²) in [7, 11) is -4.13. The molecule has 0 spiro atoms. The zero-order chi connectivity index (χ0) is 27.0. The van der Waals surface area contributed by atoms with Crippen LogP contribution in [0.3, 0.4) is 0 Å². The number of hydrogen-bond acceptors (Lipinski definition) is 4. The second kappa shape index (κ2) is 12.5. The monoisotopic (exact) mass is 525 g/mol. The number of nitrogens with zero attached hydrogens (tertiary/aromatic N) is 2. The summed E-state index contributed by atoms with van der Waals surface area (Å²) in [5.41, 5.74) is 1.54. The van der Waals surface area contributed by atoms with E-state index in [-0.39, 0.29) is 17.0 Å². The van der Waals surface area contributed by atoms with Gasteiger partial charge in [-0.15, -0.1) is 0 Å². The van der Waals surface area contributed by atoms with Crippen LogP contribution in [0.15, 0.2) is 83.8 Å². The normalized spacial score (nSPS) is 12.0. The molecule has 1 N–H and O–H groups in total. The first-order chi connectivity index (χ1) is 17.7. The van der Waals surface area contributed by atoms with Crippen molar-refractivity contribution in [3.8, 4) is 0 Å². The van der Waals surface area contributed by atoms with Gasteiger partial charge in [0.2, 0.25) is 11.8 Å². The summed E-state index contributed by atoms with van der Waals surface area (Å²) in [4.78, 5) is 27.6. The topological polar surface area (TPSA) is 86.8 Å². The van der Waals surface area contributed by atoms with Crippen LogP contribution in [-0.2, 0) is 32.6 Å². The van der Waals surface area contributed by atoms with E-state index in [0.717, 1.165) is 16.3 Å². The molecule has 0 heterocycles. The number of hydrogen-bond donors (Lipinski definition) is 1. The van der Waals surface area contributed by atoms with E-state index in [1.165, 1.54) is 42.2 Å². The minimum atomic E-state index is -4.13. The van der Waals surface area contributed by atoms with Gasteiger partial charge in [0.15, 0.2) is 0 Å². The van der Waals surface area contributed by atoms with E-state index in [9.17, 15) is 22.4 Å². The Bertz CT molecular complexity index is 1310. The molecule has 0 aliphatic carbocycles. The predicted octanol–water partition coefficient (Wildman–Crippen LogP) is 4.14. The highest BCUT2D eigenvalue weighted by atomic mass is 32.2. The average Bonchev–Trinajstić information content (AvgIpc) is 2.91. The number of anilines is 1. The number of nitrogens with one attached hydrogen (secondary N) is 1. The molecule has 0 aliphatic heterocycles. The van der Waals surface area contributed by atoms with E-state index in [4.69, 9.17) is 0 Å². The maximum Gasteiger partial charge on any atom is 0.264 e. The van der Waals surface area contributed by atoms with Crippen molar-refractivity contribution in [2.24, 2.45) is 0 Å². The molecule has 0 aromatic heterocycles. The highest BCUT2D eigenvalue weighted by Gasteiger charge is 2.32. The molecule has 1 atom stereocenters. The minimum Gasteiger partial charge on any atom is -0.355 e. The first-order valence-electron chi connectivity index (χ1n) is 12.2. The van der Waals surface area contributed by atoms with E-state index in [2.05, 4.69) is 5.32 Å². The standard InChI is InChI=1S/C28H32FN3O4S/c1-4-22-15-17-24(18-16-22)32(37(35,36)25-12-7-6-8-13-25)20-27(33)31(21(3)28(34)30-5-2)19-23-11-9-10-14-26(23)29/h6-18,21H,4-5,19-20H2,1-3H3,(H,30,34). The van der Waals surface area contributed by atoms with Gasteiger partial charge in [0.1, 0.15) is 18.4 Å². The van der Waals surface area contributed by atoms with Gasteiger partial charge in [-0.3, -0.25) is 13.9 Å². The lowest BCUT2D eigenvalue weighted by molar-refractivity contribution is -0.139. The molecular formula is C28H32FN3O4S. The van der Waals surface area contributed by atoms with Crippen molar-refractivity contribution in [1.82, 2.24) is 10.2 Å². The van der Waals surface area contributed by atoms with E-state index in [0.29, 0.717) is 12.2 Å². The maximum atomic E-state index is 14.5. The molecule has 0 fully saturated rings. The van der Waals surface area contributed by atoms with Gasteiger partial charge in [-0.1, -0.05) is 55.5 Å².